The number of aliphatic hydroxyl groups is 1. The van der Waals surface area contributed by atoms with Crippen molar-refractivity contribution in [2.24, 2.45) is 5.92 Å². The van der Waals surface area contributed by atoms with Gasteiger partial charge < -0.3 is 5.11 Å². The topological polar surface area (TPSA) is 20.2 Å². The maximum Gasteiger partial charge on any atom is 0.0599 e. The molecule has 0 aliphatic rings. The third-order valence-corrected chi connectivity index (χ3v) is 2.14. The van der Waals surface area contributed by atoms with Gasteiger partial charge in [-0.25, -0.2) is 0 Å². The van der Waals surface area contributed by atoms with Crippen LogP contribution < -0.4 is 0 Å². The van der Waals surface area contributed by atoms with E-state index >= 15 is 0 Å². The number of rotatable bonds is 6. The van der Waals surface area contributed by atoms with Crippen LogP contribution in [-0.4, -0.2) is 11.2 Å². The summed E-state index contributed by atoms with van der Waals surface area (Å²) >= 11 is 0. The third kappa shape index (κ3) is 4.41. The summed E-state index contributed by atoms with van der Waals surface area (Å²) in [5.74, 6) is 0.486. The molecule has 0 aromatic carbocycles. The van der Waals surface area contributed by atoms with Crippen LogP contribution in [0.2, 0.25) is 0 Å². The second-order valence-electron chi connectivity index (χ2n) is 3.09. The first-order valence-corrected chi connectivity index (χ1v) is 4.77. The van der Waals surface area contributed by atoms with Crippen molar-refractivity contribution in [2.75, 3.05) is 0 Å². The molecule has 0 amide bonds. The summed E-state index contributed by atoms with van der Waals surface area (Å²) in [4.78, 5) is 0. The molecule has 0 saturated heterocycles. The van der Waals surface area contributed by atoms with Crippen LogP contribution in [0, 0.1) is 12.3 Å². The van der Waals surface area contributed by atoms with Crippen molar-refractivity contribution in [3.8, 4) is 0 Å². The fourth-order valence-corrected chi connectivity index (χ4v) is 1.42. The minimum absolute atomic E-state index is 0.176. The van der Waals surface area contributed by atoms with Crippen LogP contribution in [0.15, 0.2) is 0 Å². The molecule has 0 bridgehead atoms. The van der Waals surface area contributed by atoms with Crippen LogP contribution in [0.5, 0.6) is 0 Å². The summed E-state index contributed by atoms with van der Waals surface area (Å²) in [5.41, 5.74) is 0. The van der Waals surface area contributed by atoms with Crippen molar-refractivity contribution in [1.82, 2.24) is 0 Å². The van der Waals surface area contributed by atoms with Gasteiger partial charge in [0.05, 0.1) is 6.10 Å². The molecule has 2 unspecified atom stereocenters. The average molecular weight is 157 g/mol. The van der Waals surface area contributed by atoms with Gasteiger partial charge in [0.25, 0.3) is 0 Å². The summed E-state index contributed by atoms with van der Waals surface area (Å²) in [5, 5.41) is 9.58. The molecule has 0 aromatic heterocycles. The highest BCUT2D eigenvalue weighted by molar-refractivity contribution is 4.79. The Labute approximate surface area is 70.8 Å². The van der Waals surface area contributed by atoms with E-state index in [-0.39, 0.29) is 6.10 Å². The Kier molecular flexibility index (Phi) is 6.63. The highest BCUT2D eigenvalue weighted by Crippen LogP contribution is 2.17. The smallest absolute Gasteiger partial charge is 0.0599 e. The van der Waals surface area contributed by atoms with E-state index in [4.69, 9.17) is 0 Å². The Balaban J connectivity index is 3.61. The molecule has 0 aliphatic heterocycles. The molecule has 0 heterocycles. The Morgan fingerprint density at radius 3 is 2.27 bits per heavy atom. The summed E-state index contributed by atoms with van der Waals surface area (Å²) in [7, 11) is 0. The standard InChI is InChI=1S/C10H21O/c1-4-7-9(6-3)10(11)8-5-2/h8-11H,4-7H2,1-3H3. The molecule has 2 atom stereocenters. The number of hydrogen-bond acceptors (Lipinski definition) is 1. The molecule has 1 nitrogen and oxygen atoms in total. The lowest BCUT2D eigenvalue weighted by Gasteiger charge is -2.19. The van der Waals surface area contributed by atoms with Gasteiger partial charge in [-0.1, -0.05) is 40.0 Å². The van der Waals surface area contributed by atoms with Crippen LogP contribution in [0.3, 0.4) is 0 Å². The van der Waals surface area contributed by atoms with Crippen molar-refractivity contribution < 1.29 is 5.11 Å². The Hall–Kier alpha value is -0.0400. The van der Waals surface area contributed by atoms with Gasteiger partial charge in [-0.15, -0.1) is 0 Å². The Morgan fingerprint density at radius 2 is 1.91 bits per heavy atom. The van der Waals surface area contributed by atoms with Crippen LogP contribution >= 0.6 is 0 Å². The second kappa shape index (κ2) is 6.66. The van der Waals surface area contributed by atoms with E-state index in [1.807, 2.05) is 6.42 Å². The normalized spacial score (nSPS) is 16.4. The molecule has 67 valence electrons. The third-order valence-electron chi connectivity index (χ3n) is 2.14. The molecule has 0 fully saturated rings. The molecule has 0 spiro atoms. The molecular weight excluding hydrogens is 136 g/mol. The van der Waals surface area contributed by atoms with Crippen molar-refractivity contribution in [1.29, 1.82) is 0 Å². The van der Waals surface area contributed by atoms with Gasteiger partial charge in [-0.05, 0) is 18.8 Å². The lowest BCUT2D eigenvalue weighted by Crippen LogP contribution is -2.19. The van der Waals surface area contributed by atoms with Crippen molar-refractivity contribution in [3.05, 3.63) is 6.42 Å². The zero-order valence-corrected chi connectivity index (χ0v) is 8.01. The maximum atomic E-state index is 9.58. The maximum absolute atomic E-state index is 9.58. The fraction of sp³-hybridized carbons (Fsp3) is 0.900. The van der Waals surface area contributed by atoms with E-state index in [0.29, 0.717) is 5.92 Å². The predicted molar refractivity (Wildman–Crippen MR) is 49.3 cm³/mol. The van der Waals surface area contributed by atoms with Crippen molar-refractivity contribution >= 4 is 0 Å². The van der Waals surface area contributed by atoms with E-state index < -0.39 is 0 Å². The van der Waals surface area contributed by atoms with Gasteiger partial charge in [0.1, 0.15) is 0 Å². The van der Waals surface area contributed by atoms with Gasteiger partial charge in [-0.3, -0.25) is 0 Å². The van der Waals surface area contributed by atoms with E-state index in [9.17, 15) is 5.11 Å². The average Bonchev–Trinajstić information content (AvgIpc) is 2.00. The number of aliphatic hydroxyl groups excluding tert-OH is 1. The fourth-order valence-electron chi connectivity index (χ4n) is 1.42. The quantitative estimate of drug-likeness (QED) is 0.628. The monoisotopic (exact) mass is 157 g/mol. The van der Waals surface area contributed by atoms with Crippen LogP contribution in [0.4, 0.5) is 0 Å². The molecule has 1 N–H and O–H groups in total. The highest BCUT2D eigenvalue weighted by atomic mass is 16.3. The first-order valence-electron chi connectivity index (χ1n) is 4.77. The second-order valence-corrected chi connectivity index (χ2v) is 3.09. The molecule has 1 heteroatoms. The molecule has 0 aliphatic carbocycles. The first-order chi connectivity index (χ1) is 5.26. The molecular formula is C10H21O. The van der Waals surface area contributed by atoms with Crippen molar-refractivity contribution in [2.45, 2.75) is 52.6 Å². The van der Waals surface area contributed by atoms with E-state index in [0.717, 1.165) is 19.3 Å². The summed E-state index contributed by atoms with van der Waals surface area (Å²) in [6.45, 7) is 6.39. The minimum Gasteiger partial charge on any atom is -0.393 e. The summed E-state index contributed by atoms with van der Waals surface area (Å²) < 4.78 is 0. The van der Waals surface area contributed by atoms with Gasteiger partial charge in [0, 0.05) is 0 Å². The predicted octanol–water partition coefficient (Wildman–Crippen LogP) is 2.79. The molecule has 0 saturated carbocycles. The van der Waals surface area contributed by atoms with Gasteiger partial charge >= 0.3 is 0 Å². The largest absolute Gasteiger partial charge is 0.393 e. The van der Waals surface area contributed by atoms with Gasteiger partial charge in [0.15, 0.2) is 0 Å². The summed E-state index contributed by atoms with van der Waals surface area (Å²) in [6.07, 6.45) is 6.21. The Bertz CT molecular complexity index is 80.9. The molecule has 1 radical (unpaired) electrons. The van der Waals surface area contributed by atoms with Crippen molar-refractivity contribution in [3.63, 3.8) is 0 Å². The van der Waals surface area contributed by atoms with Crippen LogP contribution in [0.25, 0.3) is 0 Å². The minimum atomic E-state index is -0.176. The summed E-state index contributed by atoms with van der Waals surface area (Å²) in [6, 6.07) is 0. The van der Waals surface area contributed by atoms with Gasteiger partial charge in [0.2, 0.25) is 0 Å². The van der Waals surface area contributed by atoms with Gasteiger partial charge in [-0.2, -0.15) is 0 Å². The van der Waals surface area contributed by atoms with Crippen LogP contribution in [-0.2, 0) is 0 Å². The van der Waals surface area contributed by atoms with Crippen LogP contribution in [0.1, 0.15) is 46.5 Å². The zero-order valence-electron chi connectivity index (χ0n) is 8.01. The molecule has 0 rings (SSSR count). The first kappa shape index (κ1) is 11.0. The van der Waals surface area contributed by atoms with E-state index in [1.54, 1.807) is 0 Å². The SMILES string of the molecule is CC[CH]C(O)C(CC)CCC. The molecule has 0 aromatic rings. The van der Waals surface area contributed by atoms with E-state index in [2.05, 4.69) is 20.8 Å². The lowest BCUT2D eigenvalue weighted by atomic mass is 9.92. The lowest BCUT2D eigenvalue weighted by molar-refractivity contribution is 0.126. The van der Waals surface area contributed by atoms with E-state index in [1.165, 1.54) is 6.42 Å². The number of hydrogen-bond donors (Lipinski definition) is 1. The molecule has 11 heavy (non-hydrogen) atoms. The highest BCUT2D eigenvalue weighted by Gasteiger charge is 2.14. The zero-order chi connectivity index (χ0) is 8.69. The Morgan fingerprint density at radius 1 is 1.27 bits per heavy atom.